The minimum Gasteiger partial charge on any atom is -0.395 e. The molecule has 1 aromatic rings. The van der Waals surface area contributed by atoms with Gasteiger partial charge in [0.2, 0.25) is 0 Å². The summed E-state index contributed by atoms with van der Waals surface area (Å²) in [6, 6.07) is 4.79. The summed E-state index contributed by atoms with van der Waals surface area (Å²) in [5.41, 5.74) is 0.663. The number of halogens is 3. The lowest BCUT2D eigenvalue weighted by atomic mass is 10.0. The van der Waals surface area contributed by atoms with Gasteiger partial charge < -0.3 is 14.8 Å². The molecule has 1 aromatic carbocycles. The van der Waals surface area contributed by atoms with Gasteiger partial charge in [-0.15, -0.1) is 27.8 Å². The van der Waals surface area contributed by atoms with E-state index in [2.05, 4.69) is 26.3 Å². The Labute approximate surface area is 128 Å². The molecule has 0 unspecified atom stereocenters. The number of alkyl halides is 2. The third kappa shape index (κ3) is 3.12. The number of piperazine rings is 1. The van der Waals surface area contributed by atoms with Crippen LogP contribution in [0.15, 0.2) is 30.9 Å². The average Bonchev–Trinajstić information content (AvgIpc) is 2.75. The highest BCUT2D eigenvalue weighted by Crippen LogP contribution is 2.46. The minimum absolute atomic E-state index is 0. The third-order valence-electron chi connectivity index (χ3n) is 3.55. The van der Waals surface area contributed by atoms with Crippen molar-refractivity contribution >= 4 is 12.4 Å². The molecular weight excluding hydrogens is 302 g/mol. The summed E-state index contributed by atoms with van der Waals surface area (Å²) in [5.74, 6) is 0.190. The zero-order chi connectivity index (χ0) is 14.2. The van der Waals surface area contributed by atoms with Crippen LogP contribution in [-0.2, 0) is 0 Å². The zero-order valence-electron chi connectivity index (χ0n) is 11.4. The Morgan fingerprint density at radius 3 is 2.67 bits per heavy atom. The van der Waals surface area contributed by atoms with Crippen LogP contribution in [0.25, 0.3) is 0 Å². The normalized spacial score (nSPS) is 21.4. The van der Waals surface area contributed by atoms with Crippen molar-refractivity contribution in [3.8, 4) is 11.5 Å². The fourth-order valence-corrected chi connectivity index (χ4v) is 2.66. The summed E-state index contributed by atoms with van der Waals surface area (Å²) in [4.78, 5) is 2.18. The molecule has 0 spiro atoms. The Balaban J connectivity index is 0.00000161. The molecule has 2 heterocycles. The van der Waals surface area contributed by atoms with Gasteiger partial charge in [0, 0.05) is 31.7 Å². The van der Waals surface area contributed by atoms with Crippen molar-refractivity contribution < 1.29 is 18.3 Å². The summed E-state index contributed by atoms with van der Waals surface area (Å²) in [6.07, 6.45) is -1.84. The van der Waals surface area contributed by atoms with Gasteiger partial charge in [-0.2, -0.15) is 0 Å². The lowest BCUT2D eigenvalue weighted by Gasteiger charge is -2.33. The monoisotopic (exact) mass is 318 g/mol. The first-order chi connectivity index (χ1) is 9.61. The van der Waals surface area contributed by atoms with E-state index >= 15 is 0 Å². The minimum atomic E-state index is -3.59. The Hall–Kier alpha value is -1.37. The van der Waals surface area contributed by atoms with E-state index in [0.29, 0.717) is 5.56 Å². The van der Waals surface area contributed by atoms with Crippen LogP contribution in [0.2, 0.25) is 0 Å². The van der Waals surface area contributed by atoms with Gasteiger partial charge in [-0.3, -0.25) is 4.90 Å². The second-order valence-electron chi connectivity index (χ2n) is 4.81. The molecular formula is C14H17ClF2N2O2. The van der Waals surface area contributed by atoms with Crippen LogP contribution in [0.5, 0.6) is 11.5 Å². The van der Waals surface area contributed by atoms with Gasteiger partial charge in [-0.05, 0) is 6.07 Å². The quantitative estimate of drug-likeness (QED) is 0.869. The first-order valence-electron chi connectivity index (χ1n) is 6.57. The topological polar surface area (TPSA) is 33.7 Å². The van der Waals surface area contributed by atoms with Crippen LogP contribution >= 0.6 is 12.4 Å². The van der Waals surface area contributed by atoms with E-state index in [1.807, 2.05) is 0 Å². The first-order valence-corrected chi connectivity index (χ1v) is 6.57. The van der Waals surface area contributed by atoms with Gasteiger partial charge in [-0.1, -0.05) is 18.2 Å². The number of para-hydroxylation sites is 1. The van der Waals surface area contributed by atoms with Crippen molar-refractivity contribution in [2.45, 2.75) is 12.3 Å². The Kier molecular flexibility index (Phi) is 4.70. The van der Waals surface area contributed by atoms with Crippen molar-refractivity contribution in [2.24, 2.45) is 0 Å². The summed E-state index contributed by atoms with van der Waals surface area (Å²) in [7, 11) is 0. The maximum atomic E-state index is 13.2. The summed E-state index contributed by atoms with van der Waals surface area (Å²) in [5, 5.41) is 3.26. The number of nitrogens with one attached hydrogen (secondary N) is 1. The van der Waals surface area contributed by atoms with Crippen molar-refractivity contribution in [2.75, 3.05) is 26.2 Å². The van der Waals surface area contributed by atoms with Gasteiger partial charge in [0.15, 0.2) is 11.5 Å². The molecule has 1 fully saturated rings. The number of fused-ring (bicyclic) bond motifs is 1. The van der Waals surface area contributed by atoms with Gasteiger partial charge in [0.05, 0.1) is 6.04 Å². The van der Waals surface area contributed by atoms with Crippen molar-refractivity contribution in [3.63, 3.8) is 0 Å². The lowest BCUT2D eigenvalue weighted by molar-refractivity contribution is -0.287. The molecule has 0 aromatic heterocycles. The highest BCUT2D eigenvalue weighted by Gasteiger charge is 2.45. The predicted molar refractivity (Wildman–Crippen MR) is 77.3 cm³/mol. The van der Waals surface area contributed by atoms with Crippen molar-refractivity contribution in [1.29, 1.82) is 0 Å². The molecule has 116 valence electrons. The number of hydrogen-bond donors (Lipinski definition) is 1. The van der Waals surface area contributed by atoms with Crippen LogP contribution in [-0.4, -0.2) is 37.4 Å². The molecule has 4 nitrogen and oxygen atoms in total. The molecule has 0 radical (unpaired) electrons. The Morgan fingerprint density at radius 2 is 2.00 bits per heavy atom. The fraction of sp³-hybridized carbons (Fsp3) is 0.429. The average molecular weight is 319 g/mol. The van der Waals surface area contributed by atoms with Crippen LogP contribution in [0.3, 0.4) is 0 Å². The van der Waals surface area contributed by atoms with E-state index in [-0.39, 0.29) is 29.9 Å². The molecule has 2 aliphatic rings. The van der Waals surface area contributed by atoms with Crippen molar-refractivity contribution in [1.82, 2.24) is 10.2 Å². The standard InChI is InChI=1S/C14H16F2N2O2.ClH/c1-2-11(18-8-6-17-7-9-18)10-4-3-5-12-13(10)20-14(15,16)19-12;/h2-5,11,17H,1,6-9H2;1H/t11-;/m1./s1. The number of ether oxygens (including phenoxy) is 2. The molecule has 0 saturated carbocycles. The summed E-state index contributed by atoms with van der Waals surface area (Å²) in [6.45, 7) is 7.23. The van der Waals surface area contributed by atoms with Crippen LogP contribution in [0, 0.1) is 0 Å². The van der Waals surface area contributed by atoms with Gasteiger partial charge in [0.25, 0.3) is 0 Å². The van der Waals surface area contributed by atoms with E-state index in [1.165, 1.54) is 6.07 Å². The summed E-state index contributed by atoms with van der Waals surface area (Å²) < 4.78 is 35.6. The highest BCUT2D eigenvalue weighted by molar-refractivity contribution is 5.85. The Morgan fingerprint density at radius 1 is 1.29 bits per heavy atom. The molecule has 21 heavy (non-hydrogen) atoms. The molecule has 0 aliphatic carbocycles. The van der Waals surface area contributed by atoms with E-state index < -0.39 is 6.29 Å². The van der Waals surface area contributed by atoms with E-state index in [0.717, 1.165) is 26.2 Å². The molecule has 3 rings (SSSR count). The number of nitrogens with zero attached hydrogens (tertiary/aromatic N) is 1. The first kappa shape index (κ1) is 16.0. The number of benzene rings is 1. The molecule has 0 bridgehead atoms. The predicted octanol–water partition coefficient (Wildman–Crippen LogP) is 2.56. The molecule has 7 heteroatoms. The molecule has 1 saturated heterocycles. The maximum Gasteiger partial charge on any atom is 0.586 e. The van der Waals surface area contributed by atoms with E-state index in [1.54, 1.807) is 18.2 Å². The van der Waals surface area contributed by atoms with Crippen LogP contribution < -0.4 is 14.8 Å². The van der Waals surface area contributed by atoms with Gasteiger partial charge in [-0.25, -0.2) is 0 Å². The molecule has 2 aliphatic heterocycles. The SMILES string of the molecule is C=C[C@H](c1cccc2c1OC(F)(F)O2)N1CCNCC1.Cl. The second kappa shape index (κ2) is 6.17. The molecule has 0 amide bonds. The zero-order valence-corrected chi connectivity index (χ0v) is 12.2. The number of rotatable bonds is 3. The lowest BCUT2D eigenvalue weighted by Crippen LogP contribution is -2.44. The smallest absolute Gasteiger partial charge is 0.395 e. The van der Waals surface area contributed by atoms with Gasteiger partial charge in [0.1, 0.15) is 0 Å². The largest absolute Gasteiger partial charge is 0.586 e. The summed E-state index contributed by atoms with van der Waals surface area (Å²) >= 11 is 0. The molecule has 1 N–H and O–H groups in total. The Bertz CT molecular complexity index is 522. The van der Waals surface area contributed by atoms with Gasteiger partial charge >= 0.3 is 6.29 Å². The third-order valence-corrected chi connectivity index (χ3v) is 3.55. The van der Waals surface area contributed by atoms with E-state index in [9.17, 15) is 8.78 Å². The number of hydrogen-bond acceptors (Lipinski definition) is 4. The second-order valence-corrected chi connectivity index (χ2v) is 4.81. The van der Waals surface area contributed by atoms with Crippen LogP contribution in [0.4, 0.5) is 8.78 Å². The van der Waals surface area contributed by atoms with Crippen molar-refractivity contribution in [3.05, 3.63) is 36.4 Å². The molecule has 1 atom stereocenters. The fourth-order valence-electron chi connectivity index (χ4n) is 2.66. The van der Waals surface area contributed by atoms with E-state index in [4.69, 9.17) is 0 Å². The highest BCUT2D eigenvalue weighted by atomic mass is 35.5. The van der Waals surface area contributed by atoms with Crippen LogP contribution in [0.1, 0.15) is 11.6 Å². The maximum absolute atomic E-state index is 13.2.